The molecule has 0 aliphatic rings. The molecule has 0 rings (SSSR count). The number of allylic oxidation sites excluding steroid dienone is 2. The zero-order valence-corrected chi connectivity index (χ0v) is 5.70. The van der Waals surface area contributed by atoms with Crippen LogP contribution in [0.4, 0.5) is 26.3 Å². The molecule has 0 aliphatic heterocycles. The third-order valence-corrected chi connectivity index (χ3v) is 0.790. The Kier molecular flexibility index (Phi) is 2.96. The second-order valence-corrected chi connectivity index (χ2v) is 1.90. The lowest BCUT2D eigenvalue weighted by Crippen LogP contribution is -2.25. The van der Waals surface area contributed by atoms with E-state index in [0.29, 0.717) is 0 Å². The summed E-state index contributed by atoms with van der Waals surface area (Å²) in [4.78, 5) is 9.90. The molecule has 0 aromatic rings. The van der Waals surface area contributed by atoms with Gasteiger partial charge in [-0.3, -0.25) is 4.79 Å². The van der Waals surface area contributed by atoms with E-state index in [-0.39, 0.29) is 0 Å². The van der Waals surface area contributed by atoms with Gasteiger partial charge in [-0.05, 0) is 0 Å². The number of aliphatic hydroxyl groups excluding tert-OH is 1. The van der Waals surface area contributed by atoms with Crippen molar-refractivity contribution in [3.8, 4) is 0 Å². The van der Waals surface area contributed by atoms with Crippen LogP contribution in [0.2, 0.25) is 0 Å². The van der Waals surface area contributed by atoms with Crippen LogP contribution >= 0.6 is 0 Å². The van der Waals surface area contributed by atoms with Crippen molar-refractivity contribution in [1.29, 1.82) is 0 Å². The summed E-state index contributed by atoms with van der Waals surface area (Å²) in [6, 6.07) is 0. The lowest BCUT2D eigenvalue weighted by Gasteiger charge is -2.04. The molecule has 0 aromatic carbocycles. The molecule has 1 N–H and O–H groups in total. The number of ketones is 1. The Morgan fingerprint density at radius 3 is 1.69 bits per heavy atom. The van der Waals surface area contributed by atoms with Gasteiger partial charge < -0.3 is 5.11 Å². The van der Waals surface area contributed by atoms with Gasteiger partial charge in [0.2, 0.25) is 0 Å². The van der Waals surface area contributed by atoms with E-state index in [9.17, 15) is 31.1 Å². The minimum Gasteiger partial charge on any atom is -0.504 e. The van der Waals surface area contributed by atoms with Crippen LogP contribution in [0, 0.1) is 0 Å². The van der Waals surface area contributed by atoms with Crippen molar-refractivity contribution in [2.75, 3.05) is 0 Å². The minimum absolute atomic E-state index is 1.12. The minimum atomic E-state index is -5.51. The molecule has 0 atom stereocenters. The maximum Gasteiger partial charge on any atom is 0.458 e. The number of carbonyl (C=O) groups is 1. The van der Waals surface area contributed by atoms with E-state index < -0.39 is 30.0 Å². The Labute approximate surface area is 67.5 Å². The SMILES string of the molecule is O=C(/C(O)=C/C(F)(F)F)C(F)(F)F. The van der Waals surface area contributed by atoms with Gasteiger partial charge in [0.25, 0.3) is 0 Å². The number of alkyl halides is 6. The fourth-order valence-corrected chi connectivity index (χ4v) is 0.366. The highest BCUT2D eigenvalue weighted by Gasteiger charge is 2.42. The molecule has 8 heteroatoms. The number of rotatable bonds is 1. The molecule has 0 radical (unpaired) electrons. The third kappa shape index (κ3) is 4.38. The number of halogens is 6. The van der Waals surface area contributed by atoms with Gasteiger partial charge in [-0.1, -0.05) is 0 Å². The maximum absolute atomic E-state index is 11.4. The molecule has 0 unspecified atom stereocenters. The monoisotopic (exact) mass is 208 g/mol. The second-order valence-electron chi connectivity index (χ2n) is 1.90. The molecule has 0 spiro atoms. The van der Waals surface area contributed by atoms with Gasteiger partial charge in [-0.2, -0.15) is 26.3 Å². The standard InChI is InChI=1S/C5H2F6O2/c6-4(7,8)1-2(12)3(13)5(9,10)11/h1,12H/b2-1-. The number of carbonyl (C=O) groups excluding carboxylic acids is 1. The summed E-state index contributed by atoms with van der Waals surface area (Å²) in [5.41, 5.74) is 0. The first-order chi connectivity index (χ1) is 5.54. The van der Waals surface area contributed by atoms with E-state index in [1.54, 1.807) is 0 Å². The van der Waals surface area contributed by atoms with Crippen LogP contribution in [-0.2, 0) is 4.79 Å². The van der Waals surface area contributed by atoms with Crippen molar-refractivity contribution in [3.63, 3.8) is 0 Å². The van der Waals surface area contributed by atoms with Gasteiger partial charge in [-0.15, -0.1) is 0 Å². The molecule has 0 aliphatic carbocycles. The zero-order chi connectivity index (χ0) is 10.9. The Balaban J connectivity index is 4.73. The van der Waals surface area contributed by atoms with Crippen LogP contribution in [0.1, 0.15) is 0 Å². The van der Waals surface area contributed by atoms with E-state index >= 15 is 0 Å². The highest BCUT2D eigenvalue weighted by Crippen LogP contribution is 2.23. The number of aliphatic hydroxyl groups is 1. The largest absolute Gasteiger partial charge is 0.504 e. The van der Waals surface area contributed by atoms with E-state index in [2.05, 4.69) is 0 Å². The second kappa shape index (κ2) is 3.27. The molecule has 0 saturated heterocycles. The predicted octanol–water partition coefficient (Wildman–Crippen LogP) is 2.12. The van der Waals surface area contributed by atoms with Crippen molar-refractivity contribution in [2.45, 2.75) is 12.4 Å². The van der Waals surface area contributed by atoms with Gasteiger partial charge >= 0.3 is 18.1 Å². The molecule has 76 valence electrons. The van der Waals surface area contributed by atoms with Gasteiger partial charge in [0.1, 0.15) is 0 Å². The summed E-state index contributed by atoms with van der Waals surface area (Å²) in [7, 11) is 0. The molecular weight excluding hydrogens is 206 g/mol. The first-order valence-corrected chi connectivity index (χ1v) is 2.64. The lowest BCUT2D eigenvalue weighted by atomic mass is 10.3. The fraction of sp³-hybridized carbons (Fsp3) is 0.400. The first kappa shape index (κ1) is 11.8. The summed E-state index contributed by atoms with van der Waals surface area (Å²) >= 11 is 0. The highest BCUT2D eigenvalue weighted by molar-refractivity contribution is 5.97. The van der Waals surface area contributed by atoms with Crippen molar-refractivity contribution < 1.29 is 36.2 Å². The summed E-state index contributed by atoms with van der Waals surface area (Å²) < 4.78 is 68.0. The average Bonchev–Trinajstić information content (AvgIpc) is 1.79. The van der Waals surface area contributed by atoms with Gasteiger partial charge in [0.05, 0.1) is 6.08 Å². The van der Waals surface area contributed by atoms with E-state index in [0.717, 1.165) is 0 Å². The van der Waals surface area contributed by atoms with Crippen molar-refractivity contribution in [1.82, 2.24) is 0 Å². The lowest BCUT2D eigenvalue weighted by molar-refractivity contribution is -0.169. The van der Waals surface area contributed by atoms with Gasteiger partial charge in [0.15, 0.2) is 5.76 Å². The molecule has 13 heavy (non-hydrogen) atoms. The van der Waals surface area contributed by atoms with Crippen molar-refractivity contribution in [2.24, 2.45) is 0 Å². The van der Waals surface area contributed by atoms with Crippen LogP contribution in [-0.4, -0.2) is 23.2 Å². The van der Waals surface area contributed by atoms with Gasteiger partial charge in [0, 0.05) is 0 Å². The van der Waals surface area contributed by atoms with E-state index in [4.69, 9.17) is 5.11 Å². The molecule has 0 saturated carbocycles. The molecular formula is C5H2F6O2. The van der Waals surface area contributed by atoms with Crippen LogP contribution in [0.3, 0.4) is 0 Å². The Hall–Kier alpha value is -1.21. The Morgan fingerprint density at radius 2 is 1.46 bits per heavy atom. The molecule has 0 fully saturated rings. The van der Waals surface area contributed by atoms with Crippen LogP contribution in [0.15, 0.2) is 11.8 Å². The average molecular weight is 208 g/mol. The predicted molar refractivity (Wildman–Crippen MR) is 27.8 cm³/mol. The Bertz CT molecular complexity index is 234. The first-order valence-electron chi connectivity index (χ1n) is 2.64. The van der Waals surface area contributed by atoms with Crippen LogP contribution in [0.5, 0.6) is 0 Å². The van der Waals surface area contributed by atoms with E-state index in [1.165, 1.54) is 0 Å². The van der Waals surface area contributed by atoms with Crippen LogP contribution in [0.25, 0.3) is 0 Å². The number of Topliss-reactive ketones (excluding diaryl/α,β-unsaturated/α-hetero) is 1. The number of hydrogen-bond acceptors (Lipinski definition) is 2. The molecule has 0 amide bonds. The van der Waals surface area contributed by atoms with Crippen molar-refractivity contribution >= 4 is 5.78 Å². The quantitative estimate of drug-likeness (QED) is 0.407. The summed E-state index contributed by atoms with van der Waals surface area (Å²) in [6.45, 7) is 0. The third-order valence-electron chi connectivity index (χ3n) is 0.790. The number of hydrogen-bond donors (Lipinski definition) is 1. The fourth-order valence-electron chi connectivity index (χ4n) is 0.366. The van der Waals surface area contributed by atoms with Gasteiger partial charge in [-0.25, -0.2) is 0 Å². The van der Waals surface area contributed by atoms with Crippen molar-refractivity contribution in [3.05, 3.63) is 11.8 Å². The van der Waals surface area contributed by atoms with E-state index in [1.807, 2.05) is 0 Å². The molecule has 0 heterocycles. The molecule has 0 aromatic heterocycles. The molecule has 2 nitrogen and oxygen atoms in total. The Morgan fingerprint density at radius 1 is 1.08 bits per heavy atom. The highest BCUT2D eigenvalue weighted by atomic mass is 19.4. The summed E-state index contributed by atoms with van der Waals surface area (Å²) in [6.07, 6.45) is -11.8. The maximum atomic E-state index is 11.4. The molecule has 0 bridgehead atoms. The summed E-state index contributed by atoms with van der Waals surface area (Å²) in [5.74, 6) is -5.30. The summed E-state index contributed by atoms with van der Waals surface area (Å²) in [5, 5.41) is 8.06. The van der Waals surface area contributed by atoms with Crippen LogP contribution < -0.4 is 0 Å². The zero-order valence-electron chi connectivity index (χ0n) is 5.70. The topological polar surface area (TPSA) is 37.3 Å². The normalized spacial score (nSPS) is 14.5. The smallest absolute Gasteiger partial charge is 0.458 e.